The summed E-state index contributed by atoms with van der Waals surface area (Å²) in [5.74, 6) is 0.0820. The van der Waals surface area contributed by atoms with Crippen LogP contribution in [0.15, 0.2) is 41.0 Å². The Morgan fingerprint density at radius 1 is 1.12 bits per heavy atom. The van der Waals surface area contributed by atoms with Crippen LogP contribution in [0.4, 0.5) is 26.4 Å². The first-order valence-corrected chi connectivity index (χ1v) is 12.5. The predicted octanol–water partition coefficient (Wildman–Crippen LogP) is 1.60. The highest BCUT2D eigenvalue weighted by Crippen LogP contribution is 2.29. The Morgan fingerprint density at radius 3 is 2.73 bits per heavy atom. The maximum absolute atomic E-state index is 14.7. The molecule has 1 aliphatic heterocycles. The van der Waals surface area contributed by atoms with Crippen molar-refractivity contribution >= 4 is 23.2 Å². The van der Waals surface area contributed by atoms with Crippen molar-refractivity contribution in [2.75, 3.05) is 61.8 Å². The van der Waals surface area contributed by atoms with Crippen molar-refractivity contribution in [2.24, 2.45) is 0 Å². The maximum atomic E-state index is 14.7. The number of nitrogens with zero attached hydrogens (tertiary/aromatic N) is 10. The molecule has 1 aliphatic rings. The summed E-state index contributed by atoms with van der Waals surface area (Å²) in [4.78, 5) is 15.1. The van der Waals surface area contributed by atoms with Gasteiger partial charge in [-0.3, -0.25) is 4.90 Å². The van der Waals surface area contributed by atoms with Gasteiger partial charge in [0.15, 0.2) is 29.6 Å². The number of aromatic amines is 1. The van der Waals surface area contributed by atoms with E-state index in [9.17, 15) is 8.78 Å². The highest BCUT2D eigenvalue weighted by Gasteiger charge is 2.23. The largest absolute Gasteiger partial charge is 0.482 e. The van der Waals surface area contributed by atoms with Crippen LogP contribution in [0.5, 0.6) is 5.75 Å². The molecule has 1 saturated heterocycles. The van der Waals surface area contributed by atoms with Crippen LogP contribution in [-0.2, 0) is 6.61 Å². The van der Waals surface area contributed by atoms with E-state index in [0.717, 1.165) is 12.6 Å². The van der Waals surface area contributed by atoms with Crippen LogP contribution in [0, 0.1) is 11.6 Å². The van der Waals surface area contributed by atoms with Gasteiger partial charge in [-0.1, -0.05) is 5.21 Å². The van der Waals surface area contributed by atoms with Gasteiger partial charge in [0.2, 0.25) is 17.7 Å². The minimum absolute atomic E-state index is 0.0732. The van der Waals surface area contributed by atoms with Crippen LogP contribution in [0.3, 0.4) is 0 Å². The second kappa shape index (κ2) is 10.7. The van der Waals surface area contributed by atoms with Crippen LogP contribution in [0.2, 0.25) is 0 Å². The molecule has 0 aliphatic carbocycles. The van der Waals surface area contributed by atoms with Crippen molar-refractivity contribution < 1.29 is 17.9 Å². The third-order valence-corrected chi connectivity index (χ3v) is 6.66. The molecule has 3 N–H and O–H groups in total. The molecule has 14 nitrogen and oxygen atoms in total. The Balaban J connectivity index is 1.05. The molecule has 0 atom stereocenters. The van der Waals surface area contributed by atoms with Crippen molar-refractivity contribution in [3.8, 4) is 17.2 Å². The normalized spacial score (nSPS) is 14.2. The van der Waals surface area contributed by atoms with Crippen LogP contribution in [0.25, 0.3) is 17.1 Å². The van der Waals surface area contributed by atoms with Gasteiger partial charge in [0, 0.05) is 64.5 Å². The molecule has 0 amide bonds. The Labute approximate surface area is 226 Å². The molecule has 1 fully saturated rings. The molecule has 0 unspecified atom stereocenters. The highest BCUT2D eigenvalue weighted by atomic mass is 19.1. The average molecular weight is 553 g/mol. The van der Waals surface area contributed by atoms with E-state index in [1.165, 1.54) is 10.6 Å². The number of likely N-dealkylation sites (N-methyl/N-ethyl adjacent to an activating group) is 1. The smallest absolute Gasteiger partial charge is 0.230 e. The van der Waals surface area contributed by atoms with E-state index in [2.05, 4.69) is 40.6 Å². The topological polar surface area (TPSA) is 156 Å². The average Bonchev–Trinajstić information content (AvgIpc) is 3.74. The first-order valence-electron chi connectivity index (χ1n) is 12.5. The Bertz CT molecular complexity index is 1580. The summed E-state index contributed by atoms with van der Waals surface area (Å²) >= 11 is 0. The van der Waals surface area contributed by atoms with Crippen molar-refractivity contribution in [2.45, 2.75) is 6.61 Å². The number of rotatable bonds is 9. The van der Waals surface area contributed by atoms with E-state index in [4.69, 9.17) is 14.9 Å². The summed E-state index contributed by atoms with van der Waals surface area (Å²) in [6.45, 7) is 3.82. The van der Waals surface area contributed by atoms with Crippen LogP contribution in [0.1, 0.15) is 5.82 Å². The molecular formula is C24H26F2N12O2. The molecule has 0 spiro atoms. The Kier molecular flexibility index (Phi) is 6.81. The van der Waals surface area contributed by atoms with E-state index in [1.54, 1.807) is 18.4 Å². The summed E-state index contributed by atoms with van der Waals surface area (Å²) in [5.41, 5.74) is 7.62. The monoisotopic (exact) mass is 552 g/mol. The number of nitrogens with one attached hydrogen (secondary N) is 1. The molecule has 16 heteroatoms. The summed E-state index contributed by atoms with van der Waals surface area (Å²) < 4.78 is 41.3. The van der Waals surface area contributed by atoms with Crippen molar-refractivity contribution in [1.82, 2.24) is 45.1 Å². The molecule has 6 rings (SSSR count). The van der Waals surface area contributed by atoms with Gasteiger partial charge < -0.3 is 24.7 Å². The minimum Gasteiger partial charge on any atom is -0.482 e. The fraction of sp³-hybridized carbons (Fsp3) is 0.333. The molecule has 5 heterocycles. The van der Waals surface area contributed by atoms with E-state index in [-0.39, 0.29) is 29.8 Å². The predicted molar refractivity (Wildman–Crippen MR) is 140 cm³/mol. The van der Waals surface area contributed by atoms with Crippen molar-refractivity contribution in [1.29, 1.82) is 0 Å². The fourth-order valence-electron chi connectivity index (χ4n) is 4.47. The van der Waals surface area contributed by atoms with Gasteiger partial charge in [-0.05, 0) is 12.1 Å². The lowest BCUT2D eigenvalue weighted by Crippen LogP contribution is -2.48. The molecule has 4 aromatic heterocycles. The number of aromatic nitrogens is 8. The lowest BCUT2D eigenvalue weighted by Gasteiger charge is -2.37. The van der Waals surface area contributed by atoms with Gasteiger partial charge in [0.25, 0.3) is 0 Å². The van der Waals surface area contributed by atoms with Crippen LogP contribution in [-0.4, -0.2) is 91.4 Å². The number of halogens is 2. The number of fused-ring (bicyclic) bond motifs is 1. The third-order valence-electron chi connectivity index (χ3n) is 6.66. The molecule has 0 saturated carbocycles. The number of H-pyrrole nitrogens is 1. The SMILES string of the molecule is CN(CCN1CCN(c2cc(OCc3nn[nH]n3)c(F)cc2F)CC1)c1nc(N)n2nc(-c3ccco3)cc2n1. The van der Waals surface area contributed by atoms with Gasteiger partial charge in [-0.15, -0.1) is 10.2 Å². The second-order valence-corrected chi connectivity index (χ2v) is 9.26. The summed E-state index contributed by atoms with van der Waals surface area (Å²) in [7, 11) is 1.90. The molecule has 208 valence electrons. The van der Waals surface area contributed by atoms with Gasteiger partial charge in [0.05, 0.1) is 12.0 Å². The lowest BCUT2D eigenvalue weighted by molar-refractivity contribution is 0.261. The number of tetrazole rings is 1. The third kappa shape index (κ3) is 5.20. The Morgan fingerprint density at radius 2 is 1.98 bits per heavy atom. The van der Waals surface area contributed by atoms with Crippen molar-refractivity contribution in [3.63, 3.8) is 0 Å². The number of furan rings is 1. The number of anilines is 3. The van der Waals surface area contributed by atoms with Gasteiger partial charge >= 0.3 is 0 Å². The van der Waals surface area contributed by atoms with Gasteiger partial charge in [-0.25, -0.2) is 8.78 Å². The van der Waals surface area contributed by atoms with E-state index in [0.29, 0.717) is 55.8 Å². The number of piperazine rings is 1. The standard InChI is InChI=1S/C24H26F2N12O2/c1-35(24-28-22-12-17(19-3-2-10-39-19)32-38(22)23(27)29-24)4-5-36-6-8-37(9-7-36)18-13-20(16(26)11-15(18)25)40-14-21-30-33-34-31-21/h2-3,10-13H,4-9,14H2,1H3,(H2,27,28,29)(H,30,31,33,34). The summed E-state index contributed by atoms with van der Waals surface area (Å²) in [5, 5.41) is 17.7. The first kappa shape index (κ1) is 25.4. The molecule has 1 aromatic carbocycles. The van der Waals surface area contributed by atoms with Gasteiger partial charge in [0.1, 0.15) is 11.5 Å². The molecular weight excluding hydrogens is 526 g/mol. The number of ether oxygens (including phenoxy) is 1. The van der Waals surface area contributed by atoms with Crippen LogP contribution >= 0.6 is 0 Å². The lowest BCUT2D eigenvalue weighted by atomic mass is 10.2. The highest BCUT2D eigenvalue weighted by molar-refractivity contribution is 5.61. The Hall–Kier alpha value is -4.86. The summed E-state index contributed by atoms with van der Waals surface area (Å²) in [6.07, 6.45) is 1.58. The zero-order chi connectivity index (χ0) is 27.6. The zero-order valence-electron chi connectivity index (χ0n) is 21.5. The minimum atomic E-state index is -0.791. The number of hydrogen-bond acceptors (Lipinski definition) is 12. The van der Waals surface area contributed by atoms with E-state index in [1.807, 2.05) is 22.9 Å². The maximum Gasteiger partial charge on any atom is 0.230 e. The van der Waals surface area contributed by atoms with E-state index < -0.39 is 11.6 Å². The fourth-order valence-corrected chi connectivity index (χ4v) is 4.47. The molecule has 5 aromatic rings. The van der Waals surface area contributed by atoms with Crippen LogP contribution < -0.4 is 20.3 Å². The second-order valence-electron chi connectivity index (χ2n) is 9.26. The molecule has 0 radical (unpaired) electrons. The molecule has 40 heavy (non-hydrogen) atoms. The zero-order valence-corrected chi connectivity index (χ0v) is 21.5. The van der Waals surface area contributed by atoms with Gasteiger partial charge in [-0.2, -0.15) is 24.8 Å². The number of nitrogen functional groups attached to an aromatic ring is 1. The quantitative estimate of drug-likeness (QED) is 0.273. The number of hydrogen-bond donors (Lipinski definition) is 2. The van der Waals surface area contributed by atoms with E-state index >= 15 is 0 Å². The van der Waals surface area contributed by atoms with Crippen molar-refractivity contribution in [3.05, 3.63) is 54.1 Å². The summed E-state index contributed by atoms with van der Waals surface area (Å²) in [6, 6.07) is 7.61. The molecule has 0 bridgehead atoms. The first-order chi connectivity index (χ1) is 19.4. The number of nitrogens with two attached hydrogens (primary N) is 1. The number of benzene rings is 1.